The number of pyridine rings is 1. The van der Waals surface area contributed by atoms with Crippen LogP contribution in [0.25, 0.3) is 10.9 Å². The molecule has 1 fully saturated rings. The second kappa shape index (κ2) is 5.43. The number of halogens is 2. The van der Waals surface area contributed by atoms with Gasteiger partial charge in [0, 0.05) is 17.0 Å². The third-order valence-corrected chi connectivity index (χ3v) is 4.02. The molecule has 2 nitrogen and oxygen atoms in total. The molecular formula is C14H16Cl2N2. The summed E-state index contributed by atoms with van der Waals surface area (Å²) in [5, 5.41) is 1.67. The number of fused-ring (bicyclic) bond motifs is 1. The van der Waals surface area contributed by atoms with Crippen molar-refractivity contribution in [3.63, 3.8) is 0 Å². The zero-order chi connectivity index (χ0) is 11.8. The molecule has 0 unspecified atom stereocenters. The Kier molecular flexibility index (Phi) is 4.10. The molecule has 1 saturated carbocycles. The fourth-order valence-electron chi connectivity index (χ4n) is 2.40. The molecular weight excluding hydrogens is 267 g/mol. The lowest BCUT2D eigenvalue weighted by Crippen LogP contribution is -2.27. The summed E-state index contributed by atoms with van der Waals surface area (Å²) in [6.45, 7) is 0. The highest BCUT2D eigenvalue weighted by atomic mass is 35.5. The zero-order valence-corrected chi connectivity index (χ0v) is 11.5. The molecule has 0 bridgehead atoms. The average molecular weight is 283 g/mol. The number of nitrogens with two attached hydrogens (primary N) is 1. The fraction of sp³-hybridized carbons (Fsp3) is 0.357. The highest BCUT2D eigenvalue weighted by Crippen LogP contribution is 2.38. The SMILES string of the molecule is Cl.N[C@@H](c1cc2ccccc2nc1Cl)C1CCC1. The van der Waals surface area contributed by atoms with Gasteiger partial charge in [0.25, 0.3) is 0 Å². The van der Waals surface area contributed by atoms with Crippen molar-refractivity contribution in [3.8, 4) is 0 Å². The van der Waals surface area contributed by atoms with E-state index in [1.807, 2.05) is 18.2 Å². The minimum absolute atomic E-state index is 0. The van der Waals surface area contributed by atoms with Crippen LogP contribution in [0.2, 0.25) is 5.15 Å². The number of rotatable bonds is 2. The van der Waals surface area contributed by atoms with Crippen LogP contribution in [-0.4, -0.2) is 4.98 Å². The van der Waals surface area contributed by atoms with Crippen molar-refractivity contribution < 1.29 is 0 Å². The topological polar surface area (TPSA) is 38.9 Å². The number of benzene rings is 1. The zero-order valence-electron chi connectivity index (χ0n) is 9.97. The molecule has 0 radical (unpaired) electrons. The molecule has 2 N–H and O–H groups in total. The monoisotopic (exact) mass is 282 g/mol. The van der Waals surface area contributed by atoms with Crippen molar-refractivity contribution >= 4 is 34.9 Å². The summed E-state index contributed by atoms with van der Waals surface area (Å²) in [6, 6.07) is 10.1. The van der Waals surface area contributed by atoms with E-state index in [1.54, 1.807) is 0 Å². The van der Waals surface area contributed by atoms with Crippen molar-refractivity contribution in [2.75, 3.05) is 0 Å². The van der Waals surface area contributed by atoms with Gasteiger partial charge >= 0.3 is 0 Å². The number of aromatic nitrogens is 1. The molecule has 0 saturated heterocycles. The third kappa shape index (κ3) is 2.33. The second-order valence-electron chi connectivity index (χ2n) is 4.78. The Hall–Kier alpha value is -0.830. The molecule has 18 heavy (non-hydrogen) atoms. The first-order valence-corrected chi connectivity index (χ1v) is 6.44. The van der Waals surface area contributed by atoms with E-state index in [0.29, 0.717) is 11.1 Å². The molecule has 1 aliphatic rings. The number of nitrogens with zero attached hydrogens (tertiary/aromatic N) is 1. The first-order chi connectivity index (χ1) is 8.25. The van der Waals surface area contributed by atoms with Gasteiger partial charge in [-0.2, -0.15) is 0 Å². The van der Waals surface area contributed by atoms with E-state index in [1.165, 1.54) is 19.3 Å². The molecule has 1 aromatic heterocycles. The predicted octanol–water partition coefficient (Wildman–Crippen LogP) is 4.11. The average Bonchev–Trinajstić information content (AvgIpc) is 2.25. The van der Waals surface area contributed by atoms with E-state index in [0.717, 1.165) is 16.5 Å². The van der Waals surface area contributed by atoms with Gasteiger partial charge in [0.05, 0.1) is 5.52 Å². The van der Waals surface area contributed by atoms with Gasteiger partial charge < -0.3 is 5.73 Å². The third-order valence-electron chi connectivity index (χ3n) is 3.72. The van der Waals surface area contributed by atoms with Crippen molar-refractivity contribution in [2.24, 2.45) is 11.7 Å². The second-order valence-corrected chi connectivity index (χ2v) is 5.14. The first-order valence-electron chi connectivity index (χ1n) is 6.06. The molecule has 4 heteroatoms. The first kappa shape index (κ1) is 13.6. The minimum atomic E-state index is 0. The molecule has 1 aromatic carbocycles. The van der Waals surface area contributed by atoms with Crippen LogP contribution < -0.4 is 5.73 Å². The maximum absolute atomic E-state index is 6.27. The lowest BCUT2D eigenvalue weighted by atomic mass is 9.78. The van der Waals surface area contributed by atoms with Gasteiger partial charge in [-0.3, -0.25) is 0 Å². The van der Waals surface area contributed by atoms with Gasteiger partial charge in [0.15, 0.2) is 0 Å². The van der Waals surface area contributed by atoms with Crippen LogP contribution in [0.5, 0.6) is 0 Å². The maximum atomic E-state index is 6.27. The van der Waals surface area contributed by atoms with Gasteiger partial charge in [-0.15, -0.1) is 12.4 Å². The van der Waals surface area contributed by atoms with Gasteiger partial charge in [-0.05, 0) is 30.9 Å². The summed E-state index contributed by atoms with van der Waals surface area (Å²) >= 11 is 6.23. The number of hydrogen-bond acceptors (Lipinski definition) is 2. The van der Waals surface area contributed by atoms with E-state index in [-0.39, 0.29) is 18.4 Å². The number of hydrogen-bond donors (Lipinski definition) is 1. The summed E-state index contributed by atoms with van der Waals surface area (Å²) < 4.78 is 0. The number of para-hydroxylation sites is 1. The Morgan fingerprint density at radius 3 is 2.67 bits per heavy atom. The molecule has 3 rings (SSSR count). The Morgan fingerprint density at radius 1 is 1.28 bits per heavy atom. The van der Waals surface area contributed by atoms with E-state index < -0.39 is 0 Å². The van der Waals surface area contributed by atoms with E-state index in [2.05, 4.69) is 17.1 Å². The van der Waals surface area contributed by atoms with Crippen molar-refractivity contribution in [1.82, 2.24) is 4.98 Å². The highest BCUT2D eigenvalue weighted by molar-refractivity contribution is 6.30. The Labute approximate surface area is 118 Å². The Morgan fingerprint density at radius 2 is 2.00 bits per heavy atom. The fourth-order valence-corrected chi connectivity index (χ4v) is 2.67. The van der Waals surface area contributed by atoms with Crippen molar-refractivity contribution in [3.05, 3.63) is 41.0 Å². The molecule has 1 aliphatic carbocycles. The van der Waals surface area contributed by atoms with E-state index in [9.17, 15) is 0 Å². The summed E-state index contributed by atoms with van der Waals surface area (Å²) in [6.07, 6.45) is 3.71. The van der Waals surface area contributed by atoms with E-state index in [4.69, 9.17) is 17.3 Å². The van der Waals surface area contributed by atoms with E-state index >= 15 is 0 Å². The van der Waals surface area contributed by atoms with Crippen molar-refractivity contribution in [2.45, 2.75) is 25.3 Å². The van der Waals surface area contributed by atoms with Crippen LogP contribution in [0.3, 0.4) is 0 Å². The van der Waals surface area contributed by atoms with Gasteiger partial charge in [0.2, 0.25) is 0 Å². The predicted molar refractivity (Wildman–Crippen MR) is 78.3 cm³/mol. The molecule has 2 aromatic rings. The van der Waals surface area contributed by atoms with Crippen LogP contribution in [0.1, 0.15) is 30.9 Å². The summed E-state index contributed by atoms with van der Waals surface area (Å²) in [5.41, 5.74) is 8.20. The Balaban J connectivity index is 0.00000120. The van der Waals surface area contributed by atoms with Crippen LogP contribution in [0.15, 0.2) is 30.3 Å². The maximum Gasteiger partial charge on any atom is 0.134 e. The summed E-state index contributed by atoms with van der Waals surface area (Å²) in [4.78, 5) is 4.42. The van der Waals surface area contributed by atoms with Crippen LogP contribution in [0, 0.1) is 5.92 Å². The lowest BCUT2D eigenvalue weighted by molar-refractivity contribution is 0.264. The molecule has 1 atom stereocenters. The van der Waals surface area contributed by atoms with Crippen LogP contribution in [0.4, 0.5) is 0 Å². The standard InChI is InChI=1S/C14H15ClN2.ClH/c15-14-11(13(16)9-5-3-6-9)8-10-4-1-2-7-12(10)17-14;/h1-2,4,7-9,13H,3,5-6,16H2;1H/t13-;/m1./s1. The van der Waals surface area contributed by atoms with Crippen molar-refractivity contribution in [1.29, 1.82) is 0 Å². The summed E-state index contributed by atoms with van der Waals surface area (Å²) in [7, 11) is 0. The van der Waals surface area contributed by atoms with Gasteiger partial charge in [-0.1, -0.05) is 36.2 Å². The quantitative estimate of drug-likeness (QED) is 0.842. The van der Waals surface area contributed by atoms with Gasteiger partial charge in [0.1, 0.15) is 5.15 Å². The van der Waals surface area contributed by atoms with Crippen LogP contribution in [-0.2, 0) is 0 Å². The van der Waals surface area contributed by atoms with Gasteiger partial charge in [-0.25, -0.2) is 4.98 Å². The molecule has 0 amide bonds. The largest absolute Gasteiger partial charge is 0.324 e. The lowest BCUT2D eigenvalue weighted by Gasteiger charge is -2.31. The molecule has 1 heterocycles. The highest BCUT2D eigenvalue weighted by Gasteiger charge is 2.27. The summed E-state index contributed by atoms with van der Waals surface area (Å²) in [5.74, 6) is 0.579. The van der Waals surface area contributed by atoms with Crippen LogP contribution >= 0.6 is 24.0 Å². The molecule has 0 spiro atoms. The molecule has 0 aliphatic heterocycles. The normalized spacial score (nSPS) is 17.0. The Bertz CT molecular complexity index is 552. The molecule has 96 valence electrons. The smallest absolute Gasteiger partial charge is 0.134 e. The minimum Gasteiger partial charge on any atom is -0.324 e.